The van der Waals surface area contributed by atoms with Crippen molar-refractivity contribution in [3.8, 4) is 0 Å². The van der Waals surface area contributed by atoms with Crippen LogP contribution >= 0.6 is 0 Å². The van der Waals surface area contributed by atoms with Crippen molar-refractivity contribution in [2.24, 2.45) is 5.92 Å². The summed E-state index contributed by atoms with van der Waals surface area (Å²) in [5.74, 6) is -0.775. The third kappa shape index (κ3) is 5.63. The molecule has 28 heavy (non-hydrogen) atoms. The first-order valence-corrected chi connectivity index (χ1v) is 9.79. The van der Waals surface area contributed by atoms with Crippen molar-refractivity contribution in [3.05, 3.63) is 59.4 Å². The van der Waals surface area contributed by atoms with Gasteiger partial charge >= 0.3 is 11.8 Å². The van der Waals surface area contributed by atoms with Crippen LogP contribution in [0.1, 0.15) is 29.5 Å². The molecule has 0 atom stereocenters. The number of hydrogen-bond acceptors (Lipinski definition) is 4. The van der Waals surface area contributed by atoms with Crippen LogP contribution in [0.5, 0.6) is 0 Å². The van der Waals surface area contributed by atoms with Crippen molar-refractivity contribution >= 4 is 17.5 Å². The molecular formula is C22H28N4O2. The number of anilines is 1. The molecule has 2 aromatic rings. The first-order chi connectivity index (χ1) is 13.5. The zero-order chi connectivity index (χ0) is 19.9. The lowest BCUT2D eigenvalue weighted by Crippen LogP contribution is -2.41. The number of piperidine rings is 1. The average molecular weight is 380 g/mol. The lowest BCUT2D eigenvalue weighted by molar-refractivity contribution is -0.136. The van der Waals surface area contributed by atoms with E-state index in [1.165, 1.54) is 5.56 Å². The normalized spacial score (nSPS) is 15.2. The Morgan fingerprint density at radius 1 is 1.04 bits per heavy atom. The van der Waals surface area contributed by atoms with Crippen molar-refractivity contribution < 1.29 is 9.59 Å². The molecule has 3 rings (SSSR count). The minimum absolute atomic E-state index is 0.409. The molecule has 2 N–H and O–H groups in total. The molecular weight excluding hydrogens is 352 g/mol. The molecule has 1 aliphatic heterocycles. The first kappa shape index (κ1) is 20.0. The van der Waals surface area contributed by atoms with Crippen molar-refractivity contribution in [1.82, 2.24) is 15.2 Å². The second-order valence-corrected chi connectivity index (χ2v) is 7.54. The summed E-state index contributed by atoms with van der Waals surface area (Å²) in [7, 11) is 0. The number of carbonyl (C=O) groups is 2. The molecule has 0 bridgehead atoms. The second kappa shape index (κ2) is 9.46. The minimum atomic E-state index is -0.613. The number of rotatable bonds is 5. The molecule has 0 unspecified atom stereocenters. The van der Waals surface area contributed by atoms with Crippen LogP contribution < -0.4 is 10.6 Å². The molecule has 148 valence electrons. The second-order valence-electron chi connectivity index (χ2n) is 7.54. The number of pyridine rings is 1. The van der Waals surface area contributed by atoms with Crippen LogP contribution in [0.25, 0.3) is 0 Å². The summed E-state index contributed by atoms with van der Waals surface area (Å²) >= 11 is 0. The molecule has 0 spiro atoms. The van der Waals surface area contributed by atoms with E-state index in [2.05, 4.69) is 20.5 Å². The van der Waals surface area contributed by atoms with Gasteiger partial charge in [-0.05, 0) is 86.7 Å². The summed E-state index contributed by atoms with van der Waals surface area (Å²) in [6.45, 7) is 7.46. The van der Waals surface area contributed by atoms with Crippen LogP contribution in [0.15, 0.2) is 42.7 Å². The Balaban J connectivity index is 1.39. The number of benzene rings is 1. The number of aryl methyl sites for hydroxylation is 2. The summed E-state index contributed by atoms with van der Waals surface area (Å²) in [4.78, 5) is 30.7. The van der Waals surface area contributed by atoms with Crippen LogP contribution in [-0.4, -0.2) is 41.3 Å². The average Bonchev–Trinajstić information content (AvgIpc) is 2.71. The Morgan fingerprint density at radius 2 is 1.75 bits per heavy atom. The fourth-order valence-electron chi connectivity index (χ4n) is 3.42. The molecule has 1 saturated heterocycles. The topological polar surface area (TPSA) is 74.3 Å². The summed E-state index contributed by atoms with van der Waals surface area (Å²) in [5.41, 5.74) is 4.15. The Kier molecular flexibility index (Phi) is 6.76. The molecule has 2 heterocycles. The lowest BCUT2D eigenvalue weighted by Gasteiger charge is -2.32. The van der Waals surface area contributed by atoms with Gasteiger partial charge in [-0.25, -0.2) is 0 Å². The van der Waals surface area contributed by atoms with Crippen LogP contribution in [0, 0.1) is 19.8 Å². The number of carbonyl (C=O) groups excluding carboxylic acids is 2. The quantitative estimate of drug-likeness (QED) is 0.782. The van der Waals surface area contributed by atoms with Crippen LogP contribution in [0.3, 0.4) is 0 Å². The first-order valence-electron chi connectivity index (χ1n) is 9.79. The highest BCUT2D eigenvalue weighted by atomic mass is 16.2. The maximum atomic E-state index is 12.1. The highest BCUT2D eigenvalue weighted by Crippen LogP contribution is 2.18. The maximum Gasteiger partial charge on any atom is 0.313 e. The highest BCUT2D eigenvalue weighted by Gasteiger charge is 2.21. The number of likely N-dealkylation sites (tertiary alicyclic amines) is 1. The fourth-order valence-corrected chi connectivity index (χ4v) is 3.42. The van der Waals surface area contributed by atoms with E-state index >= 15 is 0 Å². The van der Waals surface area contributed by atoms with Gasteiger partial charge in [-0.3, -0.25) is 19.5 Å². The largest absolute Gasteiger partial charge is 0.348 e. The number of hydrogen-bond donors (Lipinski definition) is 2. The molecule has 1 fully saturated rings. The molecule has 6 heteroatoms. The number of nitrogens with zero attached hydrogens (tertiary/aromatic N) is 2. The van der Waals surface area contributed by atoms with E-state index in [9.17, 15) is 9.59 Å². The molecule has 0 aliphatic carbocycles. The summed E-state index contributed by atoms with van der Waals surface area (Å²) in [6.07, 6.45) is 5.68. The lowest BCUT2D eigenvalue weighted by atomic mass is 9.96. The predicted octanol–water partition coefficient (Wildman–Crippen LogP) is 2.67. The number of aromatic nitrogens is 1. The third-order valence-electron chi connectivity index (χ3n) is 5.38. The summed E-state index contributed by atoms with van der Waals surface area (Å²) < 4.78 is 0. The highest BCUT2D eigenvalue weighted by molar-refractivity contribution is 6.39. The summed E-state index contributed by atoms with van der Waals surface area (Å²) in [6, 6.07) is 9.70. The monoisotopic (exact) mass is 380 g/mol. The van der Waals surface area contributed by atoms with Crippen LogP contribution in [-0.2, 0) is 16.1 Å². The van der Waals surface area contributed by atoms with Gasteiger partial charge in [0.25, 0.3) is 0 Å². The van der Waals surface area contributed by atoms with E-state index in [0.717, 1.165) is 43.6 Å². The van der Waals surface area contributed by atoms with E-state index in [0.29, 0.717) is 18.2 Å². The Hall–Kier alpha value is -2.73. The zero-order valence-electron chi connectivity index (χ0n) is 16.6. The van der Waals surface area contributed by atoms with Gasteiger partial charge in [0.2, 0.25) is 0 Å². The van der Waals surface area contributed by atoms with Gasteiger partial charge in [0.05, 0.1) is 0 Å². The van der Waals surface area contributed by atoms with Gasteiger partial charge in [0.15, 0.2) is 0 Å². The van der Waals surface area contributed by atoms with Gasteiger partial charge in [-0.1, -0.05) is 6.07 Å². The molecule has 1 aromatic heterocycles. The number of amides is 2. The van der Waals surface area contributed by atoms with E-state index in [1.807, 2.05) is 56.6 Å². The van der Waals surface area contributed by atoms with Crippen molar-refractivity contribution in [3.63, 3.8) is 0 Å². The summed E-state index contributed by atoms with van der Waals surface area (Å²) in [5, 5.41) is 5.45. The van der Waals surface area contributed by atoms with Crippen molar-refractivity contribution in [2.45, 2.75) is 33.2 Å². The van der Waals surface area contributed by atoms with E-state index in [-0.39, 0.29) is 0 Å². The SMILES string of the molecule is Cc1ccc(NC(=O)C(=O)NCC2CCN(Cc3ccncc3)CC2)cc1C. The van der Waals surface area contributed by atoms with Crippen molar-refractivity contribution in [2.75, 3.05) is 25.0 Å². The van der Waals surface area contributed by atoms with Gasteiger partial charge in [0.1, 0.15) is 0 Å². The smallest absolute Gasteiger partial charge is 0.313 e. The van der Waals surface area contributed by atoms with E-state index in [1.54, 1.807) is 0 Å². The predicted molar refractivity (Wildman–Crippen MR) is 110 cm³/mol. The van der Waals surface area contributed by atoms with Gasteiger partial charge in [-0.2, -0.15) is 0 Å². The van der Waals surface area contributed by atoms with Gasteiger partial charge in [0, 0.05) is 31.2 Å². The number of nitrogens with one attached hydrogen (secondary N) is 2. The molecule has 1 aromatic carbocycles. The molecule has 0 radical (unpaired) electrons. The van der Waals surface area contributed by atoms with Gasteiger partial charge < -0.3 is 10.6 Å². The Bertz CT molecular complexity index is 815. The minimum Gasteiger partial charge on any atom is -0.348 e. The molecule has 2 amide bonds. The maximum absolute atomic E-state index is 12.1. The van der Waals surface area contributed by atoms with E-state index < -0.39 is 11.8 Å². The fraction of sp³-hybridized carbons (Fsp3) is 0.409. The van der Waals surface area contributed by atoms with Crippen molar-refractivity contribution in [1.29, 1.82) is 0 Å². The van der Waals surface area contributed by atoms with E-state index in [4.69, 9.17) is 0 Å². The standard InChI is InChI=1S/C22H28N4O2/c1-16-3-4-20(13-17(16)2)25-22(28)21(27)24-14-18-7-11-26(12-8-18)15-19-5-9-23-10-6-19/h3-6,9-10,13,18H,7-8,11-12,14-15H2,1-2H3,(H,24,27)(H,25,28). The van der Waals surface area contributed by atoms with Crippen LogP contribution in [0.4, 0.5) is 5.69 Å². The van der Waals surface area contributed by atoms with Crippen LogP contribution in [0.2, 0.25) is 0 Å². The Morgan fingerprint density at radius 3 is 2.43 bits per heavy atom. The molecule has 6 nitrogen and oxygen atoms in total. The third-order valence-corrected chi connectivity index (χ3v) is 5.38. The van der Waals surface area contributed by atoms with Gasteiger partial charge in [-0.15, -0.1) is 0 Å². The molecule has 0 saturated carbocycles. The Labute approximate surface area is 166 Å². The molecule has 1 aliphatic rings. The zero-order valence-corrected chi connectivity index (χ0v) is 16.6.